The molecule has 4 nitrogen and oxygen atoms in total. The molecular formula is C49H36N2O2. The van der Waals surface area contributed by atoms with Crippen LogP contribution < -0.4 is 14.5 Å². The number of nitrogens with zero attached hydrogens (tertiary/aromatic N) is 2. The molecule has 0 atom stereocenters. The Labute approximate surface area is 309 Å². The van der Waals surface area contributed by atoms with E-state index in [9.17, 15) is 0 Å². The van der Waals surface area contributed by atoms with Gasteiger partial charge in [0, 0.05) is 56.3 Å². The molecule has 1 aromatic heterocycles. The van der Waals surface area contributed by atoms with E-state index in [1.54, 1.807) is 0 Å². The van der Waals surface area contributed by atoms with Crippen LogP contribution in [0.4, 0.5) is 28.4 Å². The molecule has 53 heavy (non-hydrogen) atoms. The van der Waals surface area contributed by atoms with Gasteiger partial charge in [-0.15, -0.1) is 0 Å². The van der Waals surface area contributed by atoms with Gasteiger partial charge in [0.05, 0.1) is 11.4 Å². The molecule has 0 N–H and O–H groups in total. The van der Waals surface area contributed by atoms with Crippen molar-refractivity contribution in [3.63, 3.8) is 0 Å². The lowest BCUT2D eigenvalue weighted by molar-refractivity contribution is 0.474. The van der Waals surface area contributed by atoms with E-state index in [-0.39, 0.29) is 0 Å². The molecule has 1 aliphatic heterocycles. The average molecular weight is 685 g/mol. The summed E-state index contributed by atoms with van der Waals surface area (Å²) in [6.07, 6.45) is 4.19. The van der Waals surface area contributed by atoms with Gasteiger partial charge >= 0.3 is 0 Å². The van der Waals surface area contributed by atoms with Crippen LogP contribution in [0.25, 0.3) is 39.3 Å². The lowest BCUT2D eigenvalue weighted by Crippen LogP contribution is -2.17. The van der Waals surface area contributed by atoms with E-state index in [0.29, 0.717) is 0 Å². The molecule has 0 spiro atoms. The highest BCUT2D eigenvalue weighted by atomic mass is 16.5. The average Bonchev–Trinajstić information content (AvgIpc) is 3.59. The van der Waals surface area contributed by atoms with Crippen LogP contribution in [0.1, 0.15) is 29.2 Å². The predicted octanol–water partition coefficient (Wildman–Crippen LogP) is 14.1. The van der Waals surface area contributed by atoms with Crippen LogP contribution in [0.2, 0.25) is 0 Å². The van der Waals surface area contributed by atoms with Gasteiger partial charge in [-0.05, 0) is 78.7 Å². The molecule has 0 fully saturated rings. The smallest absolute Gasteiger partial charge is 0.159 e. The fourth-order valence-corrected chi connectivity index (χ4v) is 7.52. The van der Waals surface area contributed by atoms with Crippen molar-refractivity contribution in [3.8, 4) is 11.5 Å². The Morgan fingerprint density at radius 2 is 1.21 bits per heavy atom. The summed E-state index contributed by atoms with van der Waals surface area (Å²) < 4.78 is 13.4. The molecule has 0 saturated carbocycles. The molecule has 0 radical (unpaired) electrons. The molecular weight excluding hydrogens is 649 g/mol. The van der Waals surface area contributed by atoms with Crippen LogP contribution in [0.5, 0.6) is 11.5 Å². The van der Waals surface area contributed by atoms with E-state index in [1.165, 1.54) is 0 Å². The van der Waals surface area contributed by atoms with Crippen molar-refractivity contribution in [2.45, 2.75) is 6.92 Å². The largest absolute Gasteiger partial charge is 0.456 e. The van der Waals surface area contributed by atoms with Gasteiger partial charge in [-0.3, -0.25) is 0 Å². The molecule has 1 aliphatic rings. The molecule has 8 aromatic rings. The Balaban J connectivity index is 1.19. The third-order valence-electron chi connectivity index (χ3n) is 9.82. The second kappa shape index (κ2) is 13.3. The first-order chi connectivity index (χ1) is 26.1. The predicted molar refractivity (Wildman–Crippen MR) is 222 cm³/mol. The Morgan fingerprint density at radius 3 is 1.91 bits per heavy atom. The van der Waals surface area contributed by atoms with Gasteiger partial charge in [0.15, 0.2) is 5.58 Å². The zero-order valence-electron chi connectivity index (χ0n) is 29.4. The Kier molecular flexibility index (Phi) is 7.98. The summed E-state index contributed by atoms with van der Waals surface area (Å²) in [5.41, 5.74) is 12.0. The molecule has 4 heteroatoms. The number of allylic oxidation sites excluding steroid dienone is 1. The molecule has 0 aliphatic carbocycles. The Morgan fingerprint density at radius 1 is 0.585 bits per heavy atom. The monoisotopic (exact) mass is 684 g/mol. The van der Waals surface area contributed by atoms with Crippen LogP contribution in [0.15, 0.2) is 187 Å². The lowest BCUT2D eigenvalue weighted by atomic mass is 9.87. The van der Waals surface area contributed by atoms with Gasteiger partial charge in [-0.25, -0.2) is 0 Å². The van der Waals surface area contributed by atoms with Crippen molar-refractivity contribution >= 4 is 67.7 Å². The van der Waals surface area contributed by atoms with Gasteiger partial charge in [0.2, 0.25) is 0 Å². The molecule has 254 valence electrons. The first-order valence-electron chi connectivity index (χ1n) is 17.8. The number of anilines is 5. The van der Waals surface area contributed by atoms with Crippen molar-refractivity contribution in [2.24, 2.45) is 0 Å². The van der Waals surface area contributed by atoms with Gasteiger partial charge in [-0.2, -0.15) is 0 Å². The van der Waals surface area contributed by atoms with Crippen LogP contribution in [-0.2, 0) is 0 Å². The van der Waals surface area contributed by atoms with Crippen molar-refractivity contribution in [1.29, 1.82) is 0 Å². The quantitative estimate of drug-likeness (QED) is 0.159. The van der Waals surface area contributed by atoms with Gasteiger partial charge in [0.25, 0.3) is 0 Å². The first-order valence-corrected chi connectivity index (χ1v) is 17.8. The first kappa shape index (κ1) is 31.9. The Hall–Kier alpha value is -7.04. The number of hydrogen-bond acceptors (Lipinski definition) is 4. The Bertz CT molecular complexity index is 2650. The van der Waals surface area contributed by atoms with E-state index >= 15 is 0 Å². The molecule has 0 amide bonds. The second-order valence-corrected chi connectivity index (χ2v) is 13.0. The van der Waals surface area contributed by atoms with E-state index in [1.807, 2.05) is 67.6 Å². The molecule has 2 heterocycles. The van der Waals surface area contributed by atoms with Crippen molar-refractivity contribution in [2.75, 3.05) is 9.80 Å². The maximum atomic E-state index is 6.89. The van der Waals surface area contributed by atoms with E-state index in [0.717, 1.165) is 95.4 Å². The van der Waals surface area contributed by atoms with Gasteiger partial charge in [-0.1, -0.05) is 122 Å². The summed E-state index contributed by atoms with van der Waals surface area (Å²) in [7, 11) is 0. The van der Waals surface area contributed by atoms with Crippen LogP contribution in [0.3, 0.4) is 0 Å². The highest BCUT2D eigenvalue weighted by Gasteiger charge is 2.30. The highest BCUT2D eigenvalue weighted by Crippen LogP contribution is 2.51. The lowest BCUT2D eigenvalue weighted by Gasteiger charge is -2.32. The molecule has 7 aromatic carbocycles. The zero-order valence-corrected chi connectivity index (χ0v) is 29.4. The maximum Gasteiger partial charge on any atom is 0.159 e. The SMILES string of the molecule is C=C1c2c(/C=C\C)cc(N(c3ccccc3)c3ccccc3)cc2Oc2cccc(C(=C)N(c3ccccc3)c3cccc4c3oc3ccccc34)c21. The maximum absolute atomic E-state index is 6.89. The standard InChI is InChI=1S/C49H36N2O2/c1-4-18-35-31-39(51(37-21-10-6-11-22-37)38-23-12-7-13-24-38)32-46-47(35)33(2)48-40(26-17-30-45(48)52-46)34(3)50(36-19-8-5-9-20-36)43-28-16-27-42-41-25-14-15-29-44(41)53-49(42)43/h4-32H,2-3H2,1H3/b18-4-. The van der Waals surface area contributed by atoms with Crippen molar-refractivity contribution in [3.05, 3.63) is 205 Å². The fraction of sp³-hybridized carbons (Fsp3) is 0.0204. The number of rotatable bonds is 8. The molecule has 0 saturated heterocycles. The topological polar surface area (TPSA) is 28.9 Å². The van der Waals surface area contributed by atoms with E-state index in [2.05, 4.69) is 125 Å². The number of para-hydroxylation sites is 5. The summed E-state index contributed by atoms with van der Waals surface area (Å²) in [4.78, 5) is 4.43. The molecule has 9 rings (SSSR count). The highest BCUT2D eigenvalue weighted by molar-refractivity contribution is 6.11. The van der Waals surface area contributed by atoms with Crippen LogP contribution in [-0.4, -0.2) is 0 Å². The zero-order chi connectivity index (χ0) is 35.9. The number of hydrogen-bond donors (Lipinski definition) is 0. The minimum Gasteiger partial charge on any atom is -0.456 e. The third kappa shape index (κ3) is 5.49. The van der Waals surface area contributed by atoms with E-state index in [4.69, 9.17) is 22.3 Å². The minimum atomic E-state index is 0.727. The van der Waals surface area contributed by atoms with E-state index < -0.39 is 0 Å². The van der Waals surface area contributed by atoms with Gasteiger partial charge in [0.1, 0.15) is 17.1 Å². The minimum absolute atomic E-state index is 0.727. The normalized spacial score (nSPS) is 12.1. The third-order valence-corrected chi connectivity index (χ3v) is 9.82. The summed E-state index contributed by atoms with van der Waals surface area (Å²) in [6.45, 7) is 11.6. The number of ether oxygens (including phenoxy) is 1. The van der Waals surface area contributed by atoms with Crippen molar-refractivity contribution in [1.82, 2.24) is 0 Å². The number of furan rings is 1. The number of fused-ring (bicyclic) bond motifs is 5. The number of benzene rings is 7. The summed E-state index contributed by atoms with van der Waals surface area (Å²) >= 11 is 0. The van der Waals surface area contributed by atoms with Gasteiger partial charge < -0.3 is 19.0 Å². The summed E-state index contributed by atoms with van der Waals surface area (Å²) in [5.74, 6) is 1.48. The second-order valence-electron chi connectivity index (χ2n) is 13.0. The molecule has 0 unspecified atom stereocenters. The van der Waals surface area contributed by atoms with Crippen LogP contribution >= 0.6 is 0 Å². The summed E-state index contributed by atoms with van der Waals surface area (Å²) in [6, 6.07) is 56.1. The summed E-state index contributed by atoms with van der Waals surface area (Å²) in [5, 5.41) is 2.13. The van der Waals surface area contributed by atoms with Crippen LogP contribution in [0, 0.1) is 0 Å². The van der Waals surface area contributed by atoms with Crippen molar-refractivity contribution < 1.29 is 9.15 Å². The molecule has 0 bridgehead atoms. The fourth-order valence-electron chi connectivity index (χ4n) is 7.52.